The van der Waals surface area contributed by atoms with Crippen molar-refractivity contribution in [2.45, 2.75) is 58.7 Å². The van der Waals surface area contributed by atoms with Crippen molar-refractivity contribution in [3.05, 3.63) is 52.1 Å². The van der Waals surface area contributed by atoms with Crippen LogP contribution in [0.2, 0.25) is 0 Å². The molecule has 4 rings (SSSR count). The van der Waals surface area contributed by atoms with Gasteiger partial charge in [-0.05, 0) is 69.4 Å². The van der Waals surface area contributed by atoms with E-state index in [9.17, 15) is 27.9 Å². The predicted molar refractivity (Wildman–Crippen MR) is 137 cm³/mol. The Hall–Kier alpha value is -3.27. The molecule has 1 fully saturated rings. The van der Waals surface area contributed by atoms with Crippen LogP contribution < -0.4 is 10.1 Å². The number of carbonyl (C=O) groups excluding carboxylic acids is 2. The van der Waals surface area contributed by atoms with Crippen LogP contribution >= 0.6 is 0 Å². The highest BCUT2D eigenvalue weighted by molar-refractivity contribution is 5.93. The molecule has 38 heavy (non-hydrogen) atoms. The number of para-hydroxylation sites is 1. The van der Waals surface area contributed by atoms with Crippen LogP contribution in [-0.2, 0) is 22.2 Å². The first-order valence-corrected chi connectivity index (χ1v) is 12.8. The summed E-state index contributed by atoms with van der Waals surface area (Å²) in [5.74, 6) is 0.256. The molecule has 0 aromatic heterocycles. The van der Waals surface area contributed by atoms with Crippen LogP contribution in [0.3, 0.4) is 0 Å². The van der Waals surface area contributed by atoms with E-state index in [4.69, 9.17) is 4.74 Å². The lowest BCUT2D eigenvalue weighted by atomic mass is 9.86. The van der Waals surface area contributed by atoms with Gasteiger partial charge in [-0.2, -0.15) is 13.2 Å². The fourth-order valence-electron chi connectivity index (χ4n) is 5.30. The van der Waals surface area contributed by atoms with Crippen molar-refractivity contribution in [1.82, 2.24) is 9.80 Å². The second-order valence-corrected chi connectivity index (χ2v) is 10.4. The highest BCUT2D eigenvalue weighted by Crippen LogP contribution is 2.43. The fraction of sp³-hybridized carbons (Fsp3) is 0.500. The number of halogens is 3. The van der Waals surface area contributed by atoms with Gasteiger partial charge in [0.1, 0.15) is 11.5 Å². The van der Waals surface area contributed by atoms with E-state index in [0.717, 1.165) is 28.3 Å². The number of amides is 2. The van der Waals surface area contributed by atoms with Gasteiger partial charge in [0.25, 0.3) is 5.91 Å². The Morgan fingerprint density at radius 1 is 1.05 bits per heavy atom. The summed E-state index contributed by atoms with van der Waals surface area (Å²) in [7, 11) is 0. The van der Waals surface area contributed by atoms with Crippen LogP contribution in [0, 0.1) is 20.8 Å². The molecule has 0 radical (unpaired) electrons. The molecule has 1 atom stereocenters. The SMILES string of the molecule is Cc1c(C)c2c(c(C)c1O)CCC(C)(C(=O)N1CCCN(CC(=O)Nc3ccccc3C(F)(F)F)CC1)O2. The molecule has 2 amide bonds. The second kappa shape index (κ2) is 10.5. The topological polar surface area (TPSA) is 82.1 Å². The van der Waals surface area contributed by atoms with E-state index >= 15 is 0 Å². The Bertz CT molecular complexity index is 1250. The van der Waals surface area contributed by atoms with Gasteiger partial charge in [-0.15, -0.1) is 0 Å². The van der Waals surface area contributed by atoms with Crippen molar-refractivity contribution in [3.63, 3.8) is 0 Å². The average Bonchev–Trinajstić information content (AvgIpc) is 3.10. The number of fused-ring (bicyclic) bond motifs is 1. The quantitative estimate of drug-likeness (QED) is 0.601. The van der Waals surface area contributed by atoms with Gasteiger partial charge in [-0.3, -0.25) is 14.5 Å². The van der Waals surface area contributed by atoms with E-state index in [2.05, 4.69) is 5.32 Å². The van der Waals surface area contributed by atoms with Gasteiger partial charge in [0.05, 0.1) is 17.8 Å². The van der Waals surface area contributed by atoms with Crippen molar-refractivity contribution < 1.29 is 32.6 Å². The first-order chi connectivity index (χ1) is 17.8. The number of carbonyl (C=O) groups is 2. The average molecular weight is 534 g/mol. The molecular formula is C28H34F3N3O4. The normalized spacial score (nSPS) is 20.3. The summed E-state index contributed by atoms with van der Waals surface area (Å²) in [6.45, 7) is 9.11. The van der Waals surface area contributed by atoms with Crippen molar-refractivity contribution in [3.8, 4) is 11.5 Å². The first-order valence-electron chi connectivity index (χ1n) is 12.8. The highest BCUT2D eigenvalue weighted by atomic mass is 19.4. The maximum atomic E-state index is 13.6. The number of hydrogen-bond donors (Lipinski definition) is 2. The van der Waals surface area contributed by atoms with Crippen molar-refractivity contribution >= 4 is 17.5 Å². The minimum absolute atomic E-state index is 0.0728. The van der Waals surface area contributed by atoms with Gasteiger partial charge in [-0.25, -0.2) is 0 Å². The summed E-state index contributed by atoms with van der Waals surface area (Å²) < 4.78 is 46.1. The first kappa shape index (κ1) is 27.8. The third-order valence-electron chi connectivity index (χ3n) is 7.72. The number of alkyl halides is 3. The number of rotatable bonds is 4. The Morgan fingerprint density at radius 3 is 2.47 bits per heavy atom. The molecule has 10 heteroatoms. The van der Waals surface area contributed by atoms with Gasteiger partial charge in [-0.1, -0.05) is 12.1 Å². The minimum Gasteiger partial charge on any atom is -0.507 e. The maximum absolute atomic E-state index is 13.6. The molecule has 2 N–H and O–H groups in total. The van der Waals surface area contributed by atoms with Gasteiger partial charge < -0.3 is 20.1 Å². The van der Waals surface area contributed by atoms with Crippen molar-refractivity contribution in [2.75, 3.05) is 38.0 Å². The number of nitrogens with one attached hydrogen (secondary N) is 1. The summed E-state index contributed by atoms with van der Waals surface area (Å²) in [6, 6.07) is 4.89. The predicted octanol–water partition coefficient (Wildman–Crippen LogP) is 4.59. The number of ether oxygens (including phenoxy) is 1. The summed E-state index contributed by atoms with van der Waals surface area (Å²) in [4.78, 5) is 29.8. The Kier molecular flexibility index (Phi) is 7.65. The zero-order valence-corrected chi connectivity index (χ0v) is 22.2. The van der Waals surface area contributed by atoms with E-state index in [1.807, 2.05) is 25.7 Å². The Labute approximate surface area is 220 Å². The van der Waals surface area contributed by atoms with Crippen LogP contribution in [0.1, 0.15) is 47.6 Å². The zero-order chi connectivity index (χ0) is 27.8. The van der Waals surface area contributed by atoms with Crippen molar-refractivity contribution in [1.29, 1.82) is 0 Å². The third kappa shape index (κ3) is 5.45. The van der Waals surface area contributed by atoms with Crippen LogP contribution in [0.4, 0.5) is 18.9 Å². The molecule has 2 aliphatic heterocycles. The minimum atomic E-state index is -4.57. The van der Waals surface area contributed by atoms with Crippen LogP contribution in [-0.4, -0.2) is 65.0 Å². The lowest BCUT2D eigenvalue weighted by molar-refractivity contribution is -0.148. The van der Waals surface area contributed by atoms with Gasteiger partial charge in [0, 0.05) is 38.2 Å². The van der Waals surface area contributed by atoms with Crippen LogP contribution in [0.5, 0.6) is 11.5 Å². The standard InChI is InChI=1S/C28H34F3N3O4/c1-17-18(2)25-20(19(3)24(17)36)10-11-27(4,38-25)26(37)34-13-7-12-33(14-15-34)16-23(35)32-22-9-6-5-8-21(22)28(29,30)31/h5-6,8-9,36H,7,10-16H2,1-4H3,(H,32,35). The van der Waals surface area contributed by atoms with E-state index in [1.54, 1.807) is 11.8 Å². The van der Waals surface area contributed by atoms with Crippen LogP contribution in [0.15, 0.2) is 24.3 Å². The molecule has 1 saturated heterocycles. The summed E-state index contributed by atoms with van der Waals surface area (Å²) in [5, 5.41) is 12.8. The monoisotopic (exact) mass is 533 g/mol. The van der Waals surface area contributed by atoms with Crippen LogP contribution in [0.25, 0.3) is 0 Å². The number of benzene rings is 2. The highest BCUT2D eigenvalue weighted by Gasteiger charge is 2.43. The number of hydrogen-bond acceptors (Lipinski definition) is 5. The fourth-order valence-corrected chi connectivity index (χ4v) is 5.30. The van der Waals surface area contributed by atoms with E-state index in [1.165, 1.54) is 18.2 Å². The summed E-state index contributed by atoms with van der Waals surface area (Å²) in [5.41, 5.74) is 1.05. The smallest absolute Gasteiger partial charge is 0.418 e. The number of phenolic OH excluding ortho intramolecular Hbond substituents is 1. The molecule has 2 aromatic rings. The summed E-state index contributed by atoms with van der Waals surface area (Å²) >= 11 is 0. The maximum Gasteiger partial charge on any atom is 0.418 e. The molecule has 0 aliphatic carbocycles. The molecule has 2 aromatic carbocycles. The van der Waals surface area contributed by atoms with Gasteiger partial charge in [0.2, 0.25) is 5.91 Å². The molecule has 2 aliphatic rings. The van der Waals surface area contributed by atoms with E-state index < -0.39 is 23.2 Å². The zero-order valence-electron chi connectivity index (χ0n) is 22.2. The molecule has 2 heterocycles. The lowest BCUT2D eigenvalue weighted by Gasteiger charge is -2.39. The molecule has 0 spiro atoms. The largest absolute Gasteiger partial charge is 0.507 e. The number of aromatic hydroxyl groups is 1. The van der Waals surface area contributed by atoms with Gasteiger partial charge in [0.15, 0.2) is 5.60 Å². The number of phenols is 1. The molecular weight excluding hydrogens is 499 g/mol. The third-order valence-corrected chi connectivity index (χ3v) is 7.72. The summed E-state index contributed by atoms with van der Waals surface area (Å²) in [6.07, 6.45) is -2.86. The molecule has 0 saturated carbocycles. The Morgan fingerprint density at radius 2 is 1.76 bits per heavy atom. The number of anilines is 1. The molecule has 7 nitrogen and oxygen atoms in total. The van der Waals surface area contributed by atoms with Crippen molar-refractivity contribution in [2.24, 2.45) is 0 Å². The molecule has 1 unspecified atom stereocenters. The Balaban J connectivity index is 1.39. The number of nitrogens with zero attached hydrogens (tertiary/aromatic N) is 2. The molecule has 0 bridgehead atoms. The van der Waals surface area contributed by atoms with Gasteiger partial charge >= 0.3 is 6.18 Å². The second-order valence-electron chi connectivity index (χ2n) is 10.4. The van der Waals surface area contributed by atoms with E-state index in [0.29, 0.717) is 51.2 Å². The molecule has 206 valence electrons. The van der Waals surface area contributed by atoms with E-state index in [-0.39, 0.29) is 23.9 Å². The lowest BCUT2D eigenvalue weighted by Crippen LogP contribution is -2.53.